The molecule has 6 nitrogen and oxygen atoms in total. The number of hydrogen-bond acceptors (Lipinski definition) is 6. The molecule has 0 aliphatic carbocycles. The Morgan fingerprint density at radius 1 is 1.00 bits per heavy atom. The molecule has 3 aromatic carbocycles. The number of rotatable bonds is 6. The SMILES string of the molecule is COc1ccc(-c2coc3c4c(ccc3c2=O)OCN(CCc2ccc(F)cc2)C4)cc1OC. The summed E-state index contributed by atoms with van der Waals surface area (Å²) in [6.45, 7) is 1.76. The third-order valence-electron chi connectivity index (χ3n) is 6.11. The van der Waals surface area contributed by atoms with Gasteiger partial charge in [0.15, 0.2) is 11.5 Å². The molecule has 0 fully saturated rings. The van der Waals surface area contributed by atoms with Crippen LogP contribution < -0.4 is 19.6 Å². The molecule has 1 aliphatic rings. The molecule has 7 heteroatoms. The molecule has 0 atom stereocenters. The van der Waals surface area contributed by atoms with Gasteiger partial charge < -0.3 is 18.6 Å². The minimum atomic E-state index is -0.243. The van der Waals surface area contributed by atoms with Gasteiger partial charge in [-0.15, -0.1) is 0 Å². The lowest BCUT2D eigenvalue weighted by molar-refractivity contribution is 0.0968. The normalized spacial score (nSPS) is 13.4. The molecule has 34 heavy (non-hydrogen) atoms. The number of fused-ring (bicyclic) bond motifs is 3. The molecule has 0 amide bonds. The number of methoxy groups -OCH3 is 2. The Morgan fingerprint density at radius 2 is 1.79 bits per heavy atom. The summed E-state index contributed by atoms with van der Waals surface area (Å²) >= 11 is 0. The van der Waals surface area contributed by atoms with Crippen LogP contribution in [0, 0.1) is 5.82 Å². The molecule has 4 aromatic rings. The Hall–Kier alpha value is -3.84. The van der Waals surface area contributed by atoms with Crippen LogP contribution in [0.4, 0.5) is 4.39 Å². The molecule has 1 aromatic heterocycles. The highest BCUT2D eigenvalue weighted by atomic mass is 19.1. The van der Waals surface area contributed by atoms with Gasteiger partial charge in [0.05, 0.1) is 30.7 Å². The highest BCUT2D eigenvalue weighted by Crippen LogP contribution is 2.34. The molecule has 0 spiro atoms. The zero-order valence-electron chi connectivity index (χ0n) is 19.0. The van der Waals surface area contributed by atoms with Crippen LogP contribution in [0.2, 0.25) is 0 Å². The summed E-state index contributed by atoms with van der Waals surface area (Å²) in [5.74, 6) is 1.60. The molecule has 0 unspecified atom stereocenters. The zero-order chi connectivity index (χ0) is 23.7. The predicted molar refractivity (Wildman–Crippen MR) is 127 cm³/mol. The third-order valence-corrected chi connectivity index (χ3v) is 6.11. The van der Waals surface area contributed by atoms with Crippen LogP contribution in [0.5, 0.6) is 17.2 Å². The quantitative estimate of drug-likeness (QED) is 0.402. The highest BCUT2D eigenvalue weighted by Gasteiger charge is 2.23. The number of nitrogens with zero attached hydrogens (tertiary/aromatic N) is 1. The summed E-state index contributed by atoms with van der Waals surface area (Å²) in [5, 5.41) is 0.495. The Morgan fingerprint density at radius 3 is 2.56 bits per heavy atom. The van der Waals surface area contributed by atoms with Crippen molar-refractivity contribution in [1.82, 2.24) is 4.90 Å². The minimum Gasteiger partial charge on any atom is -0.493 e. The summed E-state index contributed by atoms with van der Waals surface area (Å²) in [4.78, 5) is 15.5. The van der Waals surface area contributed by atoms with Crippen molar-refractivity contribution in [3.63, 3.8) is 0 Å². The van der Waals surface area contributed by atoms with Crippen LogP contribution in [0.1, 0.15) is 11.1 Å². The van der Waals surface area contributed by atoms with Crippen molar-refractivity contribution < 1.29 is 23.0 Å². The second-order valence-corrected chi connectivity index (χ2v) is 8.17. The van der Waals surface area contributed by atoms with Gasteiger partial charge in [0, 0.05) is 13.1 Å². The van der Waals surface area contributed by atoms with Gasteiger partial charge in [0.1, 0.15) is 30.1 Å². The van der Waals surface area contributed by atoms with Crippen LogP contribution in [0.3, 0.4) is 0 Å². The molecule has 0 bridgehead atoms. The lowest BCUT2D eigenvalue weighted by Crippen LogP contribution is -2.33. The molecule has 174 valence electrons. The Balaban J connectivity index is 1.44. The van der Waals surface area contributed by atoms with Crippen LogP contribution in [0.15, 0.2) is 70.1 Å². The van der Waals surface area contributed by atoms with Crippen molar-refractivity contribution in [3.8, 4) is 28.4 Å². The minimum absolute atomic E-state index is 0.125. The van der Waals surface area contributed by atoms with Gasteiger partial charge in [-0.25, -0.2) is 4.39 Å². The highest BCUT2D eigenvalue weighted by molar-refractivity contribution is 5.86. The van der Waals surface area contributed by atoms with Gasteiger partial charge in [-0.05, 0) is 53.9 Å². The first kappa shape index (κ1) is 22.0. The molecular formula is C27H24FNO5. The van der Waals surface area contributed by atoms with Gasteiger partial charge in [-0.1, -0.05) is 18.2 Å². The first-order valence-electron chi connectivity index (χ1n) is 11.0. The fraction of sp³-hybridized carbons (Fsp3) is 0.222. The van der Waals surface area contributed by atoms with Gasteiger partial charge in [-0.2, -0.15) is 0 Å². The van der Waals surface area contributed by atoms with E-state index in [9.17, 15) is 9.18 Å². The van der Waals surface area contributed by atoms with E-state index in [1.165, 1.54) is 18.4 Å². The Labute approximate surface area is 196 Å². The molecule has 0 saturated heterocycles. The van der Waals surface area contributed by atoms with Crippen molar-refractivity contribution in [1.29, 1.82) is 0 Å². The summed E-state index contributed by atoms with van der Waals surface area (Å²) in [7, 11) is 3.12. The fourth-order valence-electron chi connectivity index (χ4n) is 4.24. The maximum Gasteiger partial charge on any atom is 0.200 e. The smallest absolute Gasteiger partial charge is 0.200 e. The summed E-state index contributed by atoms with van der Waals surface area (Å²) in [5.41, 5.74) is 3.43. The van der Waals surface area contributed by atoms with Gasteiger partial charge in [0.2, 0.25) is 5.43 Å². The van der Waals surface area contributed by atoms with E-state index in [0.29, 0.717) is 52.6 Å². The van der Waals surface area contributed by atoms with E-state index in [4.69, 9.17) is 18.6 Å². The van der Waals surface area contributed by atoms with Gasteiger partial charge >= 0.3 is 0 Å². The van der Waals surface area contributed by atoms with Crippen LogP contribution in [-0.4, -0.2) is 32.4 Å². The first-order chi connectivity index (χ1) is 16.6. The summed E-state index contributed by atoms with van der Waals surface area (Å²) < 4.78 is 35.8. The van der Waals surface area contributed by atoms with Gasteiger partial charge in [0.25, 0.3) is 0 Å². The van der Waals surface area contributed by atoms with E-state index >= 15 is 0 Å². The molecular weight excluding hydrogens is 437 g/mol. The van der Waals surface area contributed by atoms with E-state index in [0.717, 1.165) is 24.1 Å². The average Bonchev–Trinajstić information content (AvgIpc) is 2.88. The van der Waals surface area contributed by atoms with E-state index in [2.05, 4.69) is 4.90 Å². The van der Waals surface area contributed by atoms with Crippen LogP contribution in [0.25, 0.3) is 22.1 Å². The maximum atomic E-state index is 13.4. The van der Waals surface area contributed by atoms with Gasteiger partial charge in [-0.3, -0.25) is 9.69 Å². The molecule has 5 rings (SSSR count). The summed E-state index contributed by atoms with van der Waals surface area (Å²) in [6, 6.07) is 15.4. The predicted octanol–water partition coefficient (Wildman–Crippen LogP) is 5.01. The second-order valence-electron chi connectivity index (χ2n) is 8.17. The molecule has 0 saturated carbocycles. The van der Waals surface area contributed by atoms with Crippen LogP contribution in [-0.2, 0) is 13.0 Å². The Kier molecular flexibility index (Phi) is 5.94. The van der Waals surface area contributed by atoms with Crippen molar-refractivity contribution in [2.45, 2.75) is 13.0 Å². The fourth-order valence-corrected chi connectivity index (χ4v) is 4.24. The topological polar surface area (TPSA) is 61.1 Å². The standard InChI is InChI=1S/C27H24FNO5/c1-31-24-9-5-18(13-25(24)32-2)22-15-33-27-20(26(22)30)8-10-23-21(27)14-29(16-34-23)12-11-17-3-6-19(28)7-4-17/h3-10,13,15H,11-12,14,16H2,1-2H3. The lowest BCUT2D eigenvalue weighted by atomic mass is 10.0. The van der Waals surface area contributed by atoms with E-state index in [-0.39, 0.29) is 11.2 Å². The monoisotopic (exact) mass is 461 g/mol. The van der Waals surface area contributed by atoms with Crippen molar-refractivity contribution in [3.05, 3.63) is 88.0 Å². The number of benzene rings is 3. The number of ether oxygens (including phenoxy) is 3. The molecule has 2 heterocycles. The van der Waals surface area contributed by atoms with E-state index in [1.807, 2.05) is 6.07 Å². The van der Waals surface area contributed by atoms with E-state index < -0.39 is 0 Å². The lowest BCUT2D eigenvalue weighted by Gasteiger charge is -2.29. The zero-order valence-corrected chi connectivity index (χ0v) is 19.0. The van der Waals surface area contributed by atoms with Crippen LogP contribution >= 0.6 is 0 Å². The third kappa shape index (κ3) is 4.10. The average molecular weight is 461 g/mol. The van der Waals surface area contributed by atoms with Crippen molar-refractivity contribution in [2.75, 3.05) is 27.5 Å². The Bertz CT molecular complexity index is 1400. The first-order valence-corrected chi connectivity index (χ1v) is 11.0. The maximum absolute atomic E-state index is 13.4. The number of hydrogen-bond donors (Lipinski definition) is 0. The van der Waals surface area contributed by atoms with E-state index in [1.54, 1.807) is 50.6 Å². The second kappa shape index (κ2) is 9.19. The largest absolute Gasteiger partial charge is 0.493 e. The van der Waals surface area contributed by atoms with Crippen molar-refractivity contribution >= 4 is 11.0 Å². The molecule has 0 N–H and O–H groups in total. The number of halogens is 1. The molecule has 0 radical (unpaired) electrons. The molecule has 1 aliphatic heterocycles. The van der Waals surface area contributed by atoms with Crippen molar-refractivity contribution in [2.24, 2.45) is 0 Å². The summed E-state index contributed by atoms with van der Waals surface area (Å²) in [6.07, 6.45) is 2.25.